The minimum Gasteiger partial charge on any atom is -0.406 e. The number of anilines is 1. The first-order valence-electron chi connectivity index (χ1n) is 14.9. The first-order valence-corrected chi connectivity index (χ1v) is 16.3. The minimum atomic E-state index is -4.74. The number of aromatic nitrogens is 3. The third-order valence-electron chi connectivity index (χ3n) is 7.14. The number of carbonyl (C=O) groups excluding carboxylic acids is 1. The minimum absolute atomic E-state index is 0.00677. The van der Waals surface area contributed by atoms with Gasteiger partial charge in [-0.25, -0.2) is 9.67 Å². The maximum atomic E-state index is 12.8. The molecule has 0 radical (unpaired) electrons. The topological polar surface area (TPSA) is 84.6 Å². The van der Waals surface area contributed by atoms with Crippen molar-refractivity contribution in [3.8, 4) is 22.8 Å². The molecule has 0 atom stereocenters. The number of carbonyl (C=O) groups is 1. The summed E-state index contributed by atoms with van der Waals surface area (Å²) in [6, 6.07) is 19.6. The molecule has 1 aliphatic heterocycles. The molecule has 5 rings (SSSR count). The molecule has 4 aromatic rings. The maximum Gasteiger partial charge on any atom is 0.573 e. The van der Waals surface area contributed by atoms with Crippen molar-refractivity contribution in [2.75, 3.05) is 17.2 Å². The highest BCUT2D eigenvalue weighted by Crippen LogP contribution is 2.31. The number of ether oxygens (including phenoxy) is 1. The van der Waals surface area contributed by atoms with E-state index in [-0.39, 0.29) is 11.7 Å². The Kier molecular flexibility index (Phi) is 10.7. The van der Waals surface area contributed by atoms with E-state index in [9.17, 15) is 18.0 Å². The lowest BCUT2D eigenvalue weighted by Gasteiger charge is -2.20. The lowest BCUT2D eigenvalue weighted by molar-refractivity contribution is -0.274. The van der Waals surface area contributed by atoms with Crippen molar-refractivity contribution in [3.05, 3.63) is 89.7 Å². The number of rotatable bonds is 11. The van der Waals surface area contributed by atoms with Gasteiger partial charge in [-0.3, -0.25) is 9.69 Å². The van der Waals surface area contributed by atoms with Crippen LogP contribution in [0.4, 0.5) is 18.9 Å². The number of aryl methyl sites for hydroxylation is 3. The molecular weight excluding hydrogens is 634 g/mol. The summed E-state index contributed by atoms with van der Waals surface area (Å²) in [5.74, 6) is 0.550. The Morgan fingerprint density at radius 3 is 2.65 bits per heavy atom. The van der Waals surface area contributed by atoms with Crippen LogP contribution in [0.3, 0.4) is 0 Å². The monoisotopic (exact) mass is 666 g/mol. The summed E-state index contributed by atoms with van der Waals surface area (Å²) in [5.41, 5.74) is 5.62. The number of amidine groups is 1. The molecule has 0 bridgehead atoms. The molecule has 0 aliphatic carbocycles. The van der Waals surface area contributed by atoms with Gasteiger partial charge in [0.25, 0.3) is 0 Å². The summed E-state index contributed by atoms with van der Waals surface area (Å²) in [5, 5.41) is 8.67. The highest BCUT2D eigenvalue weighted by Gasteiger charge is 2.32. The maximum absolute atomic E-state index is 12.8. The summed E-state index contributed by atoms with van der Waals surface area (Å²) < 4.78 is 42.8. The van der Waals surface area contributed by atoms with Crippen molar-refractivity contribution < 1.29 is 22.7 Å². The number of unbranched alkanes of at least 4 members (excludes halogenated alkanes) is 1. The average Bonchev–Trinajstić information content (AvgIpc) is 3.65. The van der Waals surface area contributed by atoms with Gasteiger partial charge in [-0.1, -0.05) is 55.4 Å². The predicted molar refractivity (Wildman–Crippen MR) is 180 cm³/mol. The van der Waals surface area contributed by atoms with Crippen molar-refractivity contribution in [2.45, 2.75) is 52.3 Å². The van der Waals surface area contributed by atoms with Crippen molar-refractivity contribution >= 4 is 45.9 Å². The van der Waals surface area contributed by atoms with Crippen LogP contribution in [0.2, 0.25) is 0 Å². The molecule has 1 saturated heterocycles. The van der Waals surface area contributed by atoms with Gasteiger partial charge in [-0.2, -0.15) is 4.99 Å². The SMILES string of the molecule is CCCc1ccc(C)cc1N1C(=O)CS/C1=N\C(=S)NCCCCc1cccc(-c2ncn(-c3ccc(OC(F)(F)F)cc3)n2)c1. The largest absolute Gasteiger partial charge is 0.573 e. The second kappa shape index (κ2) is 14.9. The Morgan fingerprint density at radius 1 is 1.09 bits per heavy atom. The van der Waals surface area contributed by atoms with Crippen molar-refractivity contribution in [2.24, 2.45) is 4.99 Å². The fourth-order valence-electron chi connectivity index (χ4n) is 5.01. The quantitative estimate of drug-likeness (QED) is 0.132. The summed E-state index contributed by atoms with van der Waals surface area (Å²) in [6.07, 6.45) is 1.24. The molecule has 1 fully saturated rings. The number of nitrogens with zero attached hydrogens (tertiary/aromatic N) is 5. The van der Waals surface area contributed by atoms with Gasteiger partial charge < -0.3 is 10.1 Å². The van der Waals surface area contributed by atoms with Crippen LogP contribution in [-0.2, 0) is 17.6 Å². The number of halogens is 3. The Hall–Kier alpha value is -4.23. The molecule has 3 aromatic carbocycles. The van der Waals surface area contributed by atoms with E-state index in [1.54, 1.807) is 4.90 Å². The number of hydrogen-bond donors (Lipinski definition) is 1. The molecule has 1 amide bonds. The zero-order valence-corrected chi connectivity index (χ0v) is 27.0. The highest BCUT2D eigenvalue weighted by atomic mass is 32.2. The van der Waals surface area contributed by atoms with Crippen LogP contribution in [0.25, 0.3) is 17.1 Å². The summed E-state index contributed by atoms with van der Waals surface area (Å²) in [6.45, 7) is 4.79. The molecule has 8 nitrogen and oxygen atoms in total. The second-order valence-corrected chi connectivity index (χ2v) is 12.1. The number of thioether (sulfide) groups is 1. The summed E-state index contributed by atoms with van der Waals surface area (Å²) in [4.78, 5) is 23.5. The van der Waals surface area contributed by atoms with E-state index >= 15 is 0 Å². The van der Waals surface area contributed by atoms with E-state index in [2.05, 4.69) is 44.2 Å². The van der Waals surface area contributed by atoms with E-state index < -0.39 is 6.36 Å². The summed E-state index contributed by atoms with van der Waals surface area (Å²) >= 11 is 6.91. The summed E-state index contributed by atoms with van der Waals surface area (Å²) in [7, 11) is 0. The number of benzene rings is 3. The van der Waals surface area contributed by atoms with Crippen LogP contribution in [0.1, 0.15) is 42.9 Å². The van der Waals surface area contributed by atoms with E-state index in [0.29, 0.717) is 34.1 Å². The van der Waals surface area contributed by atoms with Gasteiger partial charge >= 0.3 is 6.36 Å². The number of amides is 1. The number of alkyl halides is 3. The lowest BCUT2D eigenvalue weighted by atomic mass is 10.0. The fourth-order valence-corrected chi connectivity index (χ4v) is 6.12. The number of nitrogens with one attached hydrogen (secondary N) is 1. The van der Waals surface area contributed by atoms with Gasteiger partial charge in [-0.05, 0) is 97.9 Å². The molecule has 1 aliphatic rings. The standard InChI is InChI=1S/C33H33F3N6O2S2/c1-3-7-24-12-11-22(2)18-28(24)42-29(43)20-46-32(42)39-31(45)37-17-5-4-8-23-9-6-10-25(19-23)30-38-21-41(40-30)26-13-15-27(16-14-26)44-33(34,35)36/h6,9-16,18-19,21H,3-5,7-8,17,20H2,1-2H3,(H,37,45)/b39-32-. The Labute approximate surface area is 275 Å². The molecule has 1 aromatic heterocycles. The van der Waals surface area contributed by atoms with E-state index in [1.807, 2.05) is 37.3 Å². The zero-order valence-electron chi connectivity index (χ0n) is 25.4. The van der Waals surface area contributed by atoms with Gasteiger partial charge in [0.1, 0.15) is 12.1 Å². The molecular formula is C33H33F3N6O2S2. The van der Waals surface area contributed by atoms with Gasteiger partial charge in [0.15, 0.2) is 16.1 Å². The van der Waals surface area contributed by atoms with E-state index in [4.69, 9.17) is 12.2 Å². The lowest BCUT2D eigenvalue weighted by Crippen LogP contribution is -2.32. The van der Waals surface area contributed by atoms with Crippen LogP contribution in [0.15, 0.2) is 78.0 Å². The second-order valence-electron chi connectivity index (χ2n) is 10.7. The smallest absolute Gasteiger partial charge is 0.406 e. The van der Waals surface area contributed by atoms with Crippen LogP contribution >= 0.6 is 24.0 Å². The van der Waals surface area contributed by atoms with Gasteiger partial charge in [0.05, 0.1) is 17.1 Å². The third kappa shape index (κ3) is 8.73. The number of hydrogen-bond acceptors (Lipinski definition) is 6. The molecule has 1 N–H and O–H groups in total. The molecule has 240 valence electrons. The molecule has 46 heavy (non-hydrogen) atoms. The van der Waals surface area contributed by atoms with Crippen LogP contribution in [0.5, 0.6) is 5.75 Å². The Balaban J connectivity index is 1.12. The average molecular weight is 667 g/mol. The molecule has 13 heteroatoms. The fraction of sp³-hybridized carbons (Fsp3) is 0.303. The van der Waals surface area contributed by atoms with Crippen molar-refractivity contribution in [1.29, 1.82) is 0 Å². The van der Waals surface area contributed by atoms with E-state index in [0.717, 1.165) is 60.0 Å². The molecule has 0 saturated carbocycles. The number of thiocarbonyl (C=S) groups is 1. The van der Waals surface area contributed by atoms with E-state index in [1.165, 1.54) is 47.0 Å². The van der Waals surface area contributed by atoms with Gasteiger partial charge in [0.2, 0.25) is 5.91 Å². The number of aliphatic imine (C=N–C) groups is 1. The normalized spacial score (nSPS) is 14.2. The van der Waals surface area contributed by atoms with Crippen molar-refractivity contribution in [3.63, 3.8) is 0 Å². The predicted octanol–water partition coefficient (Wildman–Crippen LogP) is 7.43. The molecule has 0 spiro atoms. The van der Waals surface area contributed by atoms with Crippen LogP contribution < -0.4 is 15.0 Å². The van der Waals surface area contributed by atoms with Gasteiger partial charge in [0, 0.05) is 12.1 Å². The zero-order chi connectivity index (χ0) is 32.7. The van der Waals surface area contributed by atoms with Crippen LogP contribution in [-0.4, -0.2) is 49.6 Å². The molecule has 0 unspecified atom stereocenters. The first-order chi connectivity index (χ1) is 22.1. The van der Waals surface area contributed by atoms with Gasteiger partial charge in [-0.15, -0.1) is 18.3 Å². The van der Waals surface area contributed by atoms with Crippen molar-refractivity contribution in [1.82, 2.24) is 20.1 Å². The Morgan fingerprint density at radius 2 is 1.89 bits per heavy atom. The molecule has 2 heterocycles. The Bertz CT molecular complexity index is 1720. The first kappa shape index (κ1) is 33.1. The highest BCUT2D eigenvalue weighted by molar-refractivity contribution is 8.15. The van der Waals surface area contributed by atoms with Crippen LogP contribution in [0, 0.1) is 6.92 Å². The third-order valence-corrected chi connectivity index (χ3v) is 8.30.